The average Bonchev–Trinajstić information content (AvgIpc) is 2.90. The molecule has 0 aliphatic carbocycles. The Morgan fingerprint density at radius 2 is 2.22 bits per heavy atom. The summed E-state index contributed by atoms with van der Waals surface area (Å²) in [6.07, 6.45) is -0.784. The van der Waals surface area contributed by atoms with Crippen molar-refractivity contribution in [2.75, 3.05) is 18.8 Å². The van der Waals surface area contributed by atoms with Gasteiger partial charge in [0.1, 0.15) is 12.3 Å². The molecule has 0 radical (unpaired) electrons. The van der Waals surface area contributed by atoms with Gasteiger partial charge in [-0.3, -0.25) is 25.2 Å². The lowest BCUT2D eigenvalue weighted by Gasteiger charge is -2.17. The van der Waals surface area contributed by atoms with Crippen LogP contribution in [0.5, 0.6) is 5.75 Å². The number of hydrazine groups is 1. The number of nitrogens with one attached hydrogen (secondary N) is 2. The van der Waals surface area contributed by atoms with Gasteiger partial charge in [0.05, 0.1) is 0 Å². The molecule has 0 spiro atoms. The standard InChI is InChI=1S/C14H16BrN3O4S/c1-9(22-11-4-2-3-10(15)7-11)13(20)17-16-12(19)8-18-5-6-23-14(18)21/h2-4,7,9H,5-6,8H2,1H3,(H,16,19)(H,17,20)/t9-/m0/s1. The third kappa shape index (κ3) is 5.43. The van der Waals surface area contributed by atoms with E-state index in [9.17, 15) is 14.4 Å². The minimum atomic E-state index is -0.784. The molecule has 9 heteroatoms. The molecule has 0 unspecified atom stereocenters. The van der Waals surface area contributed by atoms with Crippen LogP contribution in [0.3, 0.4) is 0 Å². The van der Waals surface area contributed by atoms with Gasteiger partial charge in [0.15, 0.2) is 6.10 Å². The fraction of sp³-hybridized carbons (Fsp3) is 0.357. The average molecular weight is 402 g/mol. The quantitative estimate of drug-likeness (QED) is 0.730. The minimum absolute atomic E-state index is 0.0764. The number of ether oxygens (including phenoxy) is 1. The Balaban J connectivity index is 1.75. The van der Waals surface area contributed by atoms with Crippen molar-refractivity contribution in [3.05, 3.63) is 28.7 Å². The number of hydrogen-bond donors (Lipinski definition) is 2. The second kappa shape index (κ2) is 8.21. The SMILES string of the molecule is C[C@H](Oc1cccc(Br)c1)C(=O)NNC(=O)CN1CCSC1=O. The van der Waals surface area contributed by atoms with Crippen molar-refractivity contribution in [3.8, 4) is 5.75 Å². The topological polar surface area (TPSA) is 87.7 Å². The van der Waals surface area contributed by atoms with Crippen LogP contribution in [-0.2, 0) is 9.59 Å². The van der Waals surface area contributed by atoms with Crippen LogP contribution in [0.2, 0.25) is 0 Å². The van der Waals surface area contributed by atoms with E-state index < -0.39 is 17.9 Å². The van der Waals surface area contributed by atoms with Gasteiger partial charge in [-0.1, -0.05) is 33.8 Å². The number of carbonyl (C=O) groups is 3. The Hall–Kier alpha value is -1.74. The molecular formula is C14H16BrN3O4S. The molecule has 1 aromatic carbocycles. The summed E-state index contributed by atoms with van der Waals surface area (Å²) in [4.78, 5) is 36.4. The normalized spacial score (nSPS) is 15.2. The van der Waals surface area contributed by atoms with E-state index in [0.717, 1.165) is 4.47 Å². The molecule has 1 atom stereocenters. The van der Waals surface area contributed by atoms with Crippen molar-refractivity contribution in [3.63, 3.8) is 0 Å². The van der Waals surface area contributed by atoms with Gasteiger partial charge in [-0.2, -0.15) is 0 Å². The summed E-state index contributed by atoms with van der Waals surface area (Å²) >= 11 is 4.49. The van der Waals surface area contributed by atoms with E-state index in [-0.39, 0.29) is 11.8 Å². The summed E-state index contributed by atoms with van der Waals surface area (Å²) < 4.78 is 6.32. The molecule has 0 aromatic heterocycles. The molecule has 0 bridgehead atoms. The van der Waals surface area contributed by atoms with Gasteiger partial charge in [-0.05, 0) is 25.1 Å². The molecule has 23 heavy (non-hydrogen) atoms. The first-order chi connectivity index (χ1) is 11.0. The summed E-state index contributed by atoms with van der Waals surface area (Å²) in [6.45, 7) is 2.03. The number of nitrogens with zero attached hydrogens (tertiary/aromatic N) is 1. The highest BCUT2D eigenvalue weighted by molar-refractivity contribution is 9.10. The van der Waals surface area contributed by atoms with Crippen LogP contribution in [0.4, 0.5) is 4.79 Å². The third-order valence-corrected chi connectivity index (χ3v) is 4.37. The van der Waals surface area contributed by atoms with E-state index in [2.05, 4.69) is 26.8 Å². The van der Waals surface area contributed by atoms with Gasteiger partial charge < -0.3 is 9.64 Å². The first kappa shape index (κ1) is 17.6. The zero-order valence-electron chi connectivity index (χ0n) is 12.4. The largest absolute Gasteiger partial charge is 0.481 e. The molecule has 1 aliphatic heterocycles. The lowest BCUT2D eigenvalue weighted by Crippen LogP contribution is -2.50. The number of halogens is 1. The number of thioether (sulfide) groups is 1. The maximum Gasteiger partial charge on any atom is 0.282 e. The number of hydrogen-bond acceptors (Lipinski definition) is 5. The van der Waals surface area contributed by atoms with Crippen molar-refractivity contribution >= 4 is 44.7 Å². The highest BCUT2D eigenvalue weighted by atomic mass is 79.9. The van der Waals surface area contributed by atoms with E-state index in [4.69, 9.17) is 4.74 Å². The van der Waals surface area contributed by atoms with E-state index >= 15 is 0 Å². The predicted octanol–water partition coefficient (Wildman–Crippen LogP) is 1.53. The van der Waals surface area contributed by atoms with Gasteiger partial charge >= 0.3 is 0 Å². The lowest BCUT2D eigenvalue weighted by atomic mass is 10.3. The lowest BCUT2D eigenvalue weighted by molar-refractivity contribution is -0.132. The van der Waals surface area contributed by atoms with Gasteiger partial charge in [0.2, 0.25) is 0 Å². The second-order valence-electron chi connectivity index (χ2n) is 4.79. The molecule has 124 valence electrons. The maximum absolute atomic E-state index is 11.9. The zero-order chi connectivity index (χ0) is 16.8. The number of benzene rings is 1. The third-order valence-electron chi connectivity index (χ3n) is 2.98. The van der Waals surface area contributed by atoms with Crippen molar-refractivity contribution < 1.29 is 19.1 Å². The Morgan fingerprint density at radius 1 is 1.43 bits per heavy atom. The van der Waals surface area contributed by atoms with E-state index in [1.165, 1.54) is 16.7 Å². The molecule has 3 amide bonds. The highest BCUT2D eigenvalue weighted by Crippen LogP contribution is 2.19. The Bertz CT molecular complexity index is 613. The van der Waals surface area contributed by atoms with Crippen molar-refractivity contribution in [1.82, 2.24) is 15.8 Å². The number of carbonyl (C=O) groups excluding carboxylic acids is 3. The van der Waals surface area contributed by atoms with Crippen LogP contribution < -0.4 is 15.6 Å². The van der Waals surface area contributed by atoms with Gasteiger partial charge in [-0.25, -0.2) is 0 Å². The highest BCUT2D eigenvalue weighted by Gasteiger charge is 2.23. The van der Waals surface area contributed by atoms with Crippen molar-refractivity contribution in [2.24, 2.45) is 0 Å². The molecule has 1 fully saturated rings. The zero-order valence-corrected chi connectivity index (χ0v) is 14.8. The Morgan fingerprint density at radius 3 is 2.87 bits per heavy atom. The van der Waals surface area contributed by atoms with Crippen LogP contribution in [0.25, 0.3) is 0 Å². The second-order valence-corrected chi connectivity index (χ2v) is 6.75. The fourth-order valence-electron chi connectivity index (χ4n) is 1.81. The van der Waals surface area contributed by atoms with Crippen LogP contribution in [0.1, 0.15) is 6.92 Å². The van der Waals surface area contributed by atoms with Crippen LogP contribution in [-0.4, -0.2) is 46.9 Å². The molecule has 2 rings (SSSR count). The maximum atomic E-state index is 11.9. The van der Waals surface area contributed by atoms with E-state index in [0.29, 0.717) is 18.0 Å². The summed E-state index contributed by atoms with van der Waals surface area (Å²) in [5.74, 6) is 0.271. The summed E-state index contributed by atoms with van der Waals surface area (Å²) in [5, 5.41) is -0.127. The molecular weight excluding hydrogens is 386 g/mol. The molecule has 1 aromatic rings. The first-order valence-corrected chi connectivity index (χ1v) is 8.66. The van der Waals surface area contributed by atoms with Gasteiger partial charge in [-0.15, -0.1) is 0 Å². The minimum Gasteiger partial charge on any atom is -0.481 e. The monoisotopic (exact) mass is 401 g/mol. The molecule has 1 heterocycles. The Labute approximate surface area is 146 Å². The molecule has 1 aliphatic rings. The summed E-state index contributed by atoms with van der Waals surface area (Å²) in [6, 6.07) is 7.09. The van der Waals surface area contributed by atoms with Crippen molar-refractivity contribution in [2.45, 2.75) is 13.0 Å². The van der Waals surface area contributed by atoms with Crippen LogP contribution >= 0.6 is 27.7 Å². The van der Waals surface area contributed by atoms with Crippen LogP contribution in [0, 0.1) is 0 Å². The Kier molecular flexibility index (Phi) is 6.28. The molecule has 7 nitrogen and oxygen atoms in total. The molecule has 0 saturated carbocycles. The number of rotatable bonds is 5. The smallest absolute Gasteiger partial charge is 0.282 e. The van der Waals surface area contributed by atoms with Crippen molar-refractivity contribution in [1.29, 1.82) is 0 Å². The number of amides is 3. The fourth-order valence-corrected chi connectivity index (χ4v) is 3.02. The van der Waals surface area contributed by atoms with E-state index in [1.54, 1.807) is 25.1 Å². The molecule has 2 N–H and O–H groups in total. The summed E-state index contributed by atoms with van der Waals surface area (Å²) in [5.41, 5.74) is 4.56. The molecule has 1 saturated heterocycles. The summed E-state index contributed by atoms with van der Waals surface area (Å²) in [7, 11) is 0. The van der Waals surface area contributed by atoms with E-state index in [1.807, 2.05) is 6.07 Å². The van der Waals surface area contributed by atoms with Gasteiger partial charge in [0, 0.05) is 16.8 Å². The predicted molar refractivity (Wildman–Crippen MR) is 89.9 cm³/mol. The van der Waals surface area contributed by atoms with Gasteiger partial charge in [0.25, 0.3) is 17.1 Å². The van der Waals surface area contributed by atoms with Crippen LogP contribution in [0.15, 0.2) is 28.7 Å². The first-order valence-electron chi connectivity index (χ1n) is 6.88.